The summed E-state index contributed by atoms with van der Waals surface area (Å²) in [5, 5.41) is -1.47. The van der Waals surface area contributed by atoms with E-state index in [1.807, 2.05) is 0 Å². The molecule has 0 saturated heterocycles. The first-order valence-electron chi connectivity index (χ1n) is 5.65. The second kappa shape index (κ2) is 5.99. The summed E-state index contributed by atoms with van der Waals surface area (Å²) in [5.74, 6) is -0.473. The molecule has 2 rings (SSSR count). The van der Waals surface area contributed by atoms with Gasteiger partial charge in [0, 0.05) is 22.3 Å². The summed E-state index contributed by atoms with van der Waals surface area (Å²) in [6.07, 6.45) is 0. The summed E-state index contributed by atoms with van der Waals surface area (Å²) in [7, 11) is 0. The minimum atomic E-state index is -0.733. The Balaban J connectivity index is 2.59. The monoisotopic (exact) mass is 306 g/mol. The van der Waals surface area contributed by atoms with Gasteiger partial charge in [-0.1, -0.05) is 36.4 Å². The Morgan fingerprint density at radius 3 is 1.20 bits per heavy atom. The number of rotatable bonds is 4. The van der Waals surface area contributed by atoms with Crippen LogP contribution < -0.4 is 0 Å². The van der Waals surface area contributed by atoms with Crippen LogP contribution in [0, 0.1) is 0 Å². The van der Waals surface area contributed by atoms with Crippen molar-refractivity contribution in [1.82, 2.24) is 0 Å². The van der Waals surface area contributed by atoms with Crippen LogP contribution in [0.5, 0.6) is 0 Å². The van der Waals surface area contributed by atoms with Crippen molar-refractivity contribution >= 4 is 39.5 Å². The van der Waals surface area contributed by atoms with Gasteiger partial charge < -0.3 is 0 Å². The van der Waals surface area contributed by atoms with Gasteiger partial charge >= 0.3 is 0 Å². The quantitative estimate of drug-likeness (QED) is 0.639. The second-order valence-electron chi connectivity index (χ2n) is 3.97. The lowest BCUT2D eigenvalue weighted by Crippen LogP contribution is -2.10. The molecular weight excluding hydrogens is 299 g/mol. The fourth-order valence-corrected chi connectivity index (χ4v) is 2.18. The van der Waals surface area contributed by atoms with Crippen LogP contribution in [-0.2, 0) is 0 Å². The van der Waals surface area contributed by atoms with Crippen LogP contribution in [0.25, 0.3) is 0 Å². The minimum Gasteiger partial charge on any atom is -0.289 e. The lowest BCUT2D eigenvalue weighted by Gasteiger charge is -2.07. The van der Waals surface area contributed by atoms with Crippen LogP contribution >= 0.6 is 23.2 Å². The van der Waals surface area contributed by atoms with Crippen molar-refractivity contribution in [2.75, 3.05) is 0 Å². The van der Waals surface area contributed by atoms with Crippen molar-refractivity contribution in [2.45, 2.75) is 0 Å². The molecule has 0 N–H and O–H groups in total. The third-order valence-electron chi connectivity index (χ3n) is 2.77. The molecule has 0 atom stereocenters. The van der Waals surface area contributed by atoms with E-state index >= 15 is 0 Å². The Hall–Kier alpha value is -1.97. The first-order chi connectivity index (χ1) is 9.52. The van der Waals surface area contributed by atoms with E-state index in [0.29, 0.717) is 0 Å². The highest BCUT2D eigenvalue weighted by Gasteiger charge is 2.20. The van der Waals surface area contributed by atoms with E-state index in [4.69, 9.17) is 23.2 Å². The molecular formula is C15H8Cl2O3. The molecule has 0 aliphatic carbocycles. The molecule has 2 aromatic rings. The topological polar surface area (TPSA) is 51.2 Å². The van der Waals surface area contributed by atoms with E-state index < -0.39 is 16.3 Å². The van der Waals surface area contributed by atoms with E-state index in [2.05, 4.69) is 0 Å². The number of ketones is 1. The summed E-state index contributed by atoms with van der Waals surface area (Å²) in [6, 6.07) is 12.3. The van der Waals surface area contributed by atoms with Gasteiger partial charge in [-0.15, -0.1) is 0 Å². The van der Waals surface area contributed by atoms with Crippen LogP contribution in [0.15, 0.2) is 48.5 Å². The molecule has 100 valence electrons. The maximum absolute atomic E-state index is 12.5. The number of hydrogen-bond acceptors (Lipinski definition) is 3. The second-order valence-corrected chi connectivity index (χ2v) is 4.65. The molecule has 0 unspecified atom stereocenters. The van der Waals surface area contributed by atoms with Crippen molar-refractivity contribution in [3.8, 4) is 0 Å². The van der Waals surface area contributed by atoms with Gasteiger partial charge in [-0.05, 0) is 35.3 Å². The number of hydrogen-bond donors (Lipinski definition) is 0. The zero-order valence-electron chi connectivity index (χ0n) is 10.1. The molecule has 0 radical (unpaired) electrons. The molecule has 0 fully saturated rings. The number of halogens is 2. The molecule has 0 heterocycles. The van der Waals surface area contributed by atoms with Gasteiger partial charge in [0.1, 0.15) is 0 Å². The van der Waals surface area contributed by atoms with Crippen molar-refractivity contribution in [3.05, 3.63) is 70.8 Å². The van der Waals surface area contributed by atoms with Crippen molar-refractivity contribution in [2.24, 2.45) is 0 Å². The smallest absolute Gasteiger partial charge is 0.253 e. The highest BCUT2D eigenvalue weighted by atomic mass is 35.5. The molecule has 2 aromatic carbocycles. The average molecular weight is 307 g/mol. The van der Waals surface area contributed by atoms with Crippen LogP contribution in [0.1, 0.15) is 36.6 Å². The Morgan fingerprint density at radius 1 is 0.600 bits per heavy atom. The van der Waals surface area contributed by atoms with Gasteiger partial charge in [0.05, 0.1) is 0 Å². The van der Waals surface area contributed by atoms with Gasteiger partial charge in [-0.3, -0.25) is 14.4 Å². The van der Waals surface area contributed by atoms with Gasteiger partial charge in [0.2, 0.25) is 0 Å². The molecule has 0 saturated carbocycles. The first kappa shape index (κ1) is 14.4. The van der Waals surface area contributed by atoms with E-state index in [1.165, 1.54) is 24.3 Å². The predicted molar refractivity (Wildman–Crippen MR) is 76.7 cm³/mol. The lowest BCUT2D eigenvalue weighted by atomic mass is 9.96. The van der Waals surface area contributed by atoms with Gasteiger partial charge in [0.15, 0.2) is 5.78 Å². The van der Waals surface area contributed by atoms with Crippen LogP contribution in [0.2, 0.25) is 0 Å². The molecule has 0 aliphatic heterocycles. The Labute approximate surface area is 125 Å². The molecule has 0 aliphatic rings. The summed E-state index contributed by atoms with van der Waals surface area (Å²) in [6.45, 7) is 0. The molecule has 0 bridgehead atoms. The Bertz CT molecular complexity index is 648. The fourth-order valence-electron chi connectivity index (χ4n) is 1.85. The van der Waals surface area contributed by atoms with Crippen molar-refractivity contribution in [1.29, 1.82) is 0 Å². The van der Waals surface area contributed by atoms with E-state index in [-0.39, 0.29) is 22.3 Å². The van der Waals surface area contributed by atoms with Crippen LogP contribution in [-0.4, -0.2) is 16.3 Å². The average Bonchev–Trinajstić information content (AvgIpc) is 2.46. The highest BCUT2D eigenvalue weighted by Crippen LogP contribution is 2.20. The van der Waals surface area contributed by atoms with E-state index in [1.54, 1.807) is 24.3 Å². The number of carbonyl (C=O) groups is 3. The molecule has 5 heteroatoms. The fraction of sp³-hybridized carbons (Fsp3) is 0. The number of carbonyl (C=O) groups excluding carboxylic acids is 3. The third-order valence-corrected chi connectivity index (χ3v) is 3.17. The summed E-state index contributed by atoms with van der Waals surface area (Å²) in [4.78, 5) is 35.2. The molecule has 0 aromatic heterocycles. The zero-order valence-corrected chi connectivity index (χ0v) is 11.6. The summed E-state index contributed by atoms with van der Waals surface area (Å²) >= 11 is 10.9. The Morgan fingerprint density at radius 2 is 0.900 bits per heavy atom. The van der Waals surface area contributed by atoms with Crippen molar-refractivity contribution in [3.63, 3.8) is 0 Å². The summed E-state index contributed by atoms with van der Waals surface area (Å²) in [5.41, 5.74) is 0.461. The lowest BCUT2D eigenvalue weighted by molar-refractivity contribution is 0.101. The van der Waals surface area contributed by atoms with Gasteiger partial charge in [0.25, 0.3) is 10.5 Å². The maximum Gasteiger partial charge on any atom is 0.253 e. The van der Waals surface area contributed by atoms with Gasteiger partial charge in [-0.2, -0.15) is 0 Å². The standard InChI is InChI=1S/C15H8Cl2O3/c16-14(19)11-7-3-1-5-9(11)13(18)10-6-2-4-8-12(10)15(17)20/h1-8H. The minimum absolute atomic E-state index is 0.0935. The molecule has 3 nitrogen and oxygen atoms in total. The Kier molecular flexibility index (Phi) is 4.32. The van der Waals surface area contributed by atoms with Crippen molar-refractivity contribution < 1.29 is 14.4 Å². The van der Waals surface area contributed by atoms with E-state index in [0.717, 1.165) is 0 Å². The maximum atomic E-state index is 12.5. The van der Waals surface area contributed by atoms with Crippen LogP contribution in [0.4, 0.5) is 0 Å². The highest BCUT2D eigenvalue weighted by molar-refractivity contribution is 6.69. The first-order valence-corrected chi connectivity index (χ1v) is 6.40. The predicted octanol–water partition coefficient (Wildman–Crippen LogP) is 3.68. The molecule has 0 amide bonds. The largest absolute Gasteiger partial charge is 0.289 e. The SMILES string of the molecule is O=C(Cl)c1ccccc1C(=O)c1ccccc1C(=O)Cl. The molecule has 20 heavy (non-hydrogen) atoms. The third kappa shape index (κ3) is 2.79. The number of benzene rings is 2. The molecule has 0 spiro atoms. The van der Waals surface area contributed by atoms with Gasteiger partial charge in [-0.25, -0.2) is 0 Å². The normalized spacial score (nSPS) is 10.1. The van der Waals surface area contributed by atoms with E-state index in [9.17, 15) is 14.4 Å². The summed E-state index contributed by atoms with van der Waals surface area (Å²) < 4.78 is 0. The van der Waals surface area contributed by atoms with Crippen LogP contribution in [0.3, 0.4) is 0 Å². The zero-order chi connectivity index (χ0) is 14.7.